The van der Waals surface area contributed by atoms with Crippen molar-refractivity contribution < 1.29 is 14.3 Å². The Hall–Kier alpha value is -1.36. The van der Waals surface area contributed by atoms with Gasteiger partial charge in [0.1, 0.15) is 0 Å². The van der Waals surface area contributed by atoms with Crippen LogP contribution in [-0.2, 0) is 9.53 Å². The molecule has 1 rings (SSSR count). The number of amides is 1. The standard InChI is InChI=1S/C12H14BrNO3/c1-8(2)14-11(15)7-17-12(16)9-5-3-4-6-10(9)13/h3-6,8H,7H2,1-2H3,(H,14,15). The topological polar surface area (TPSA) is 55.4 Å². The van der Waals surface area contributed by atoms with E-state index in [0.29, 0.717) is 10.0 Å². The number of esters is 1. The van der Waals surface area contributed by atoms with Crippen LogP contribution in [0.15, 0.2) is 28.7 Å². The van der Waals surface area contributed by atoms with Gasteiger partial charge in [-0.05, 0) is 41.9 Å². The quantitative estimate of drug-likeness (QED) is 0.867. The third-order valence-electron chi connectivity index (χ3n) is 1.88. The highest BCUT2D eigenvalue weighted by Crippen LogP contribution is 2.16. The molecule has 0 aromatic heterocycles. The highest BCUT2D eigenvalue weighted by Gasteiger charge is 2.12. The minimum Gasteiger partial charge on any atom is -0.452 e. The second-order valence-electron chi connectivity index (χ2n) is 3.78. The molecule has 4 nitrogen and oxygen atoms in total. The highest BCUT2D eigenvalue weighted by atomic mass is 79.9. The zero-order valence-electron chi connectivity index (χ0n) is 9.70. The van der Waals surface area contributed by atoms with Gasteiger partial charge in [0.05, 0.1) is 5.56 Å². The van der Waals surface area contributed by atoms with Crippen molar-refractivity contribution in [2.45, 2.75) is 19.9 Å². The summed E-state index contributed by atoms with van der Waals surface area (Å²) in [7, 11) is 0. The molecule has 0 bridgehead atoms. The highest BCUT2D eigenvalue weighted by molar-refractivity contribution is 9.10. The van der Waals surface area contributed by atoms with Crippen LogP contribution >= 0.6 is 15.9 Å². The Kier molecular flexibility index (Phi) is 5.15. The Balaban J connectivity index is 2.51. The molecule has 0 aliphatic rings. The van der Waals surface area contributed by atoms with Gasteiger partial charge in [0.25, 0.3) is 5.91 Å². The zero-order valence-corrected chi connectivity index (χ0v) is 11.3. The van der Waals surface area contributed by atoms with Crippen LogP contribution in [0, 0.1) is 0 Å². The predicted molar refractivity (Wildman–Crippen MR) is 67.7 cm³/mol. The maximum Gasteiger partial charge on any atom is 0.339 e. The molecule has 0 fully saturated rings. The van der Waals surface area contributed by atoms with Gasteiger partial charge in [-0.2, -0.15) is 0 Å². The van der Waals surface area contributed by atoms with Crippen LogP contribution in [-0.4, -0.2) is 24.5 Å². The summed E-state index contributed by atoms with van der Waals surface area (Å²) in [6.07, 6.45) is 0. The van der Waals surface area contributed by atoms with E-state index in [2.05, 4.69) is 21.2 Å². The molecule has 92 valence electrons. The SMILES string of the molecule is CC(C)NC(=O)COC(=O)c1ccccc1Br. The first-order valence-corrected chi connectivity index (χ1v) is 6.01. The first-order chi connectivity index (χ1) is 8.00. The lowest BCUT2D eigenvalue weighted by molar-refractivity contribution is -0.124. The number of hydrogen-bond acceptors (Lipinski definition) is 3. The van der Waals surface area contributed by atoms with Gasteiger partial charge in [0, 0.05) is 10.5 Å². The van der Waals surface area contributed by atoms with Gasteiger partial charge >= 0.3 is 5.97 Å². The number of nitrogens with one attached hydrogen (secondary N) is 1. The predicted octanol–water partition coefficient (Wildman–Crippen LogP) is 2.13. The van der Waals surface area contributed by atoms with E-state index in [0.717, 1.165) is 0 Å². The third-order valence-corrected chi connectivity index (χ3v) is 2.57. The molecule has 5 heteroatoms. The van der Waals surface area contributed by atoms with E-state index in [4.69, 9.17) is 4.74 Å². The number of carbonyl (C=O) groups is 2. The van der Waals surface area contributed by atoms with Crippen molar-refractivity contribution in [1.29, 1.82) is 0 Å². The molecule has 0 heterocycles. The first-order valence-electron chi connectivity index (χ1n) is 5.21. The molecule has 1 N–H and O–H groups in total. The second kappa shape index (κ2) is 6.39. The van der Waals surface area contributed by atoms with Crippen molar-refractivity contribution in [1.82, 2.24) is 5.32 Å². The maximum atomic E-state index is 11.6. The Morgan fingerprint density at radius 2 is 2.00 bits per heavy atom. The lowest BCUT2D eigenvalue weighted by Crippen LogP contribution is -2.34. The fraction of sp³-hybridized carbons (Fsp3) is 0.333. The molecule has 0 spiro atoms. The Labute approximate surface area is 108 Å². The van der Waals surface area contributed by atoms with Gasteiger partial charge in [-0.1, -0.05) is 12.1 Å². The summed E-state index contributed by atoms with van der Waals surface area (Å²) in [6, 6.07) is 6.93. The molecule has 0 radical (unpaired) electrons. The van der Waals surface area contributed by atoms with Crippen LogP contribution in [0.3, 0.4) is 0 Å². The molecule has 1 aromatic carbocycles. The maximum absolute atomic E-state index is 11.6. The summed E-state index contributed by atoms with van der Waals surface area (Å²) in [4.78, 5) is 22.9. The molecule has 0 saturated heterocycles. The van der Waals surface area contributed by atoms with Crippen LogP contribution in [0.1, 0.15) is 24.2 Å². The summed E-state index contributed by atoms with van der Waals surface area (Å²) in [5.41, 5.74) is 0.407. The first kappa shape index (κ1) is 13.7. The van der Waals surface area contributed by atoms with Crippen LogP contribution < -0.4 is 5.32 Å². The molecule has 0 unspecified atom stereocenters. The summed E-state index contributed by atoms with van der Waals surface area (Å²) in [6.45, 7) is 3.42. The van der Waals surface area contributed by atoms with E-state index in [-0.39, 0.29) is 18.6 Å². The van der Waals surface area contributed by atoms with Crippen LogP contribution in [0.2, 0.25) is 0 Å². The minimum absolute atomic E-state index is 0.0321. The van der Waals surface area contributed by atoms with Crippen molar-refractivity contribution in [2.75, 3.05) is 6.61 Å². The average molecular weight is 300 g/mol. The fourth-order valence-corrected chi connectivity index (χ4v) is 1.65. The number of benzene rings is 1. The molecular weight excluding hydrogens is 286 g/mol. The van der Waals surface area contributed by atoms with Gasteiger partial charge in [-0.25, -0.2) is 4.79 Å². The molecule has 0 aliphatic carbocycles. The van der Waals surface area contributed by atoms with E-state index < -0.39 is 5.97 Å². The number of halogens is 1. The van der Waals surface area contributed by atoms with E-state index in [1.807, 2.05) is 13.8 Å². The Bertz CT molecular complexity index is 418. The van der Waals surface area contributed by atoms with Crippen molar-refractivity contribution in [3.8, 4) is 0 Å². The number of carbonyl (C=O) groups excluding carboxylic acids is 2. The van der Waals surface area contributed by atoms with Gasteiger partial charge in [-0.15, -0.1) is 0 Å². The van der Waals surface area contributed by atoms with Gasteiger partial charge in [0.2, 0.25) is 0 Å². The Morgan fingerprint density at radius 3 is 2.59 bits per heavy atom. The summed E-state index contributed by atoms with van der Waals surface area (Å²) in [5, 5.41) is 2.64. The van der Waals surface area contributed by atoms with E-state index in [1.54, 1.807) is 24.3 Å². The van der Waals surface area contributed by atoms with Crippen molar-refractivity contribution >= 4 is 27.8 Å². The van der Waals surface area contributed by atoms with Crippen molar-refractivity contribution in [2.24, 2.45) is 0 Å². The van der Waals surface area contributed by atoms with Gasteiger partial charge < -0.3 is 10.1 Å². The van der Waals surface area contributed by atoms with Crippen molar-refractivity contribution in [3.05, 3.63) is 34.3 Å². The van der Waals surface area contributed by atoms with Crippen molar-refractivity contribution in [3.63, 3.8) is 0 Å². The number of rotatable bonds is 4. The summed E-state index contributed by atoms with van der Waals surface area (Å²) >= 11 is 3.24. The third kappa shape index (κ3) is 4.56. The molecule has 1 aromatic rings. The number of hydrogen-bond donors (Lipinski definition) is 1. The molecule has 0 atom stereocenters. The molecule has 17 heavy (non-hydrogen) atoms. The van der Waals surface area contributed by atoms with Crippen LogP contribution in [0.4, 0.5) is 0 Å². The van der Waals surface area contributed by atoms with E-state index in [1.165, 1.54) is 0 Å². The molecule has 0 aliphatic heterocycles. The van der Waals surface area contributed by atoms with E-state index >= 15 is 0 Å². The van der Waals surface area contributed by atoms with Crippen LogP contribution in [0.25, 0.3) is 0 Å². The molecular formula is C12H14BrNO3. The lowest BCUT2D eigenvalue weighted by Gasteiger charge is -2.09. The zero-order chi connectivity index (χ0) is 12.8. The van der Waals surface area contributed by atoms with E-state index in [9.17, 15) is 9.59 Å². The smallest absolute Gasteiger partial charge is 0.339 e. The van der Waals surface area contributed by atoms with Gasteiger partial charge in [-0.3, -0.25) is 4.79 Å². The monoisotopic (exact) mass is 299 g/mol. The minimum atomic E-state index is -0.517. The largest absolute Gasteiger partial charge is 0.452 e. The lowest BCUT2D eigenvalue weighted by atomic mass is 10.2. The average Bonchev–Trinajstić information content (AvgIpc) is 2.25. The van der Waals surface area contributed by atoms with Crippen LogP contribution in [0.5, 0.6) is 0 Å². The summed E-state index contributed by atoms with van der Waals surface area (Å²) in [5.74, 6) is -0.822. The normalized spacial score (nSPS) is 10.1. The Morgan fingerprint density at radius 1 is 1.35 bits per heavy atom. The molecule has 0 saturated carbocycles. The van der Waals surface area contributed by atoms with Gasteiger partial charge in [0.15, 0.2) is 6.61 Å². The fourth-order valence-electron chi connectivity index (χ4n) is 1.20. The second-order valence-corrected chi connectivity index (χ2v) is 4.63. The molecule has 1 amide bonds. The number of ether oxygens (including phenoxy) is 1. The summed E-state index contributed by atoms with van der Waals surface area (Å²) < 4.78 is 5.54.